The van der Waals surface area contributed by atoms with Gasteiger partial charge >= 0.3 is 6.16 Å². The summed E-state index contributed by atoms with van der Waals surface area (Å²) in [4.78, 5) is 24.3. The van der Waals surface area contributed by atoms with Crippen LogP contribution in [-0.2, 0) is 0 Å². The molecule has 0 atom stereocenters. The molecule has 0 spiro atoms. The number of rotatable bonds is 2. The lowest BCUT2D eigenvalue weighted by atomic mass is 10.3. The van der Waals surface area contributed by atoms with Crippen LogP contribution in [0.15, 0.2) is 18.5 Å². The van der Waals surface area contributed by atoms with Crippen LogP contribution in [0.3, 0.4) is 0 Å². The lowest BCUT2D eigenvalue weighted by molar-refractivity contribution is 0.0998. The Labute approximate surface area is 73.0 Å². The van der Waals surface area contributed by atoms with Gasteiger partial charge in [-0.05, 0) is 6.07 Å². The van der Waals surface area contributed by atoms with E-state index in [0.717, 1.165) is 0 Å². The molecule has 0 saturated carbocycles. The minimum atomic E-state index is -1.47. The highest BCUT2D eigenvalue weighted by Gasteiger charge is 2.05. The molecule has 6 heteroatoms. The summed E-state index contributed by atoms with van der Waals surface area (Å²) in [7, 11) is 0. The first-order chi connectivity index (χ1) is 6.09. The van der Waals surface area contributed by atoms with Crippen molar-refractivity contribution in [3.63, 3.8) is 0 Å². The van der Waals surface area contributed by atoms with E-state index in [1.807, 2.05) is 0 Å². The number of hydrogen-bond acceptors (Lipinski definition) is 4. The Morgan fingerprint density at radius 3 is 2.69 bits per heavy atom. The van der Waals surface area contributed by atoms with Gasteiger partial charge in [0.15, 0.2) is 5.75 Å². The van der Waals surface area contributed by atoms with Gasteiger partial charge in [0, 0.05) is 6.20 Å². The van der Waals surface area contributed by atoms with E-state index in [2.05, 4.69) is 9.72 Å². The van der Waals surface area contributed by atoms with Crippen molar-refractivity contribution >= 4 is 12.1 Å². The molecule has 6 nitrogen and oxygen atoms in total. The van der Waals surface area contributed by atoms with Gasteiger partial charge in [-0.2, -0.15) is 0 Å². The molecule has 1 rings (SSSR count). The van der Waals surface area contributed by atoms with Gasteiger partial charge in [-0.3, -0.25) is 9.78 Å². The Morgan fingerprint density at radius 2 is 2.15 bits per heavy atom. The number of ether oxygens (including phenoxy) is 1. The van der Waals surface area contributed by atoms with Gasteiger partial charge in [0.2, 0.25) is 5.91 Å². The lowest BCUT2D eigenvalue weighted by Gasteiger charge is -1.99. The van der Waals surface area contributed by atoms with E-state index < -0.39 is 12.1 Å². The van der Waals surface area contributed by atoms with E-state index in [4.69, 9.17) is 10.8 Å². The highest BCUT2D eigenvalue weighted by atomic mass is 16.7. The molecule has 0 fully saturated rings. The number of pyridine rings is 1. The fourth-order valence-electron chi connectivity index (χ4n) is 0.710. The van der Waals surface area contributed by atoms with Crippen molar-refractivity contribution in [2.24, 2.45) is 5.73 Å². The first-order valence-corrected chi connectivity index (χ1v) is 3.25. The smallest absolute Gasteiger partial charge is 0.449 e. The molecule has 0 aliphatic rings. The molecular weight excluding hydrogens is 176 g/mol. The molecule has 1 amide bonds. The van der Waals surface area contributed by atoms with Crippen molar-refractivity contribution in [3.8, 4) is 5.75 Å². The fourth-order valence-corrected chi connectivity index (χ4v) is 0.710. The average Bonchev–Trinajstić information content (AvgIpc) is 2.03. The molecular formula is C7H6N2O4. The van der Waals surface area contributed by atoms with Crippen LogP contribution in [-0.4, -0.2) is 22.2 Å². The predicted octanol–water partition coefficient (Wildman–Crippen LogP) is 0.237. The Bertz CT molecular complexity index is 350. The summed E-state index contributed by atoms with van der Waals surface area (Å²) in [6, 6.07) is 1.20. The Kier molecular flexibility index (Phi) is 2.44. The van der Waals surface area contributed by atoms with E-state index in [9.17, 15) is 9.59 Å². The van der Waals surface area contributed by atoms with E-state index in [1.165, 1.54) is 18.5 Å². The summed E-state index contributed by atoms with van der Waals surface area (Å²) in [5.74, 6) is -0.730. The third-order valence-electron chi connectivity index (χ3n) is 1.20. The van der Waals surface area contributed by atoms with Crippen LogP contribution >= 0.6 is 0 Å². The largest absolute Gasteiger partial charge is 0.511 e. The topological polar surface area (TPSA) is 103 Å². The van der Waals surface area contributed by atoms with Gasteiger partial charge in [0.1, 0.15) is 0 Å². The number of carbonyl (C=O) groups excluding carboxylic acids is 1. The fraction of sp³-hybridized carbons (Fsp3) is 0. The van der Waals surface area contributed by atoms with Crippen molar-refractivity contribution in [2.75, 3.05) is 0 Å². The van der Waals surface area contributed by atoms with E-state index in [-0.39, 0.29) is 11.3 Å². The normalized spacial score (nSPS) is 9.23. The summed E-state index contributed by atoms with van der Waals surface area (Å²) >= 11 is 0. The average molecular weight is 182 g/mol. The number of nitrogens with zero attached hydrogens (tertiary/aromatic N) is 1. The molecule has 13 heavy (non-hydrogen) atoms. The maximum Gasteiger partial charge on any atom is 0.511 e. The summed E-state index contributed by atoms with van der Waals surface area (Å²) in [5.41, 5.74) is 5.03. The maximum atomic E-state index is 10.6. The van der Waals surface area contributed by atoms with Crippen LogP contribution in [0.5, 0.6) is 5.75 Å². The minimum absolute atomic E-state index is 0.0381. The van der Waals surface area contributed by atoms with Crippen LogP contribution in [0.1, 0.15) is 10.4 Å². The predicted molar refractivity (Wildman–Crippen MR) is 41.4 cm³/mol. The van der Waals surface area contributed by atoms with E-state index >= 15 is 0 Å². The molecule has 1 heterocycles. The molecule has 0 aliphatic heterocycles. The summed E-state index contributed by atoms with van der Waals surface area (Å²) in [5, 5.41) is 8.23. The van der Waals surface area contributed by atoms with E-state index in [0.29, 0.717) is 0 Å². The van der Waals surface area contributed by atoms with Crippen molar-refractivity contribution in [1.82, 2.24) is 4.98 Å². The van der Waals surface area contributed by atoms with Gasteiger partial charge in [-0.15, -0.1) is 0 Å². The Balaban J connectivity index is 2.91. The molecule has 0 radical (unpaired) electrons. The third-order valence-corrected chi connectivity index (χ3v) is 1.20. The third kappa shape index (κ3) is 2.44. The molecule has 0 aliphatic carbocycles. The second-order valence-electron chi connectivity index (χ2n) is 2.14. The lowest BCUT2D eigenvalue weighted by Crippen LogP contribution is -2.12. The van der Waals surface area contributed by atoms with E-state index in [1.54, 1.807) is 0 Å². The zero-order valence-corrected chi connectivity index (χ0v) is 6.43. The highest BCUT2D eigenvalue weighted by Crippen LogP contribution is 2.10. The number of aromatic nitrogens is 1. The first-order valence-electron chi connectivity index (χ1n) is 3.25. The summed E-state index contributed by atoms with van der Waals surface area (Å²) < 4.78 is 4.25. The number of hydrogen-bond donors (Lipinski definition) is 2. The summed E-state index contributed by atoms with van der Waals surface area (Å²) in [6.45, 7) is 0. The van der Waals surface area contributed by atoms with Crippen molar-refractivity contribution in [3.05, 3.63) is 24.0 Å². The molecule has 3 N–H and O–H groups in total. The van der Waals surface area contributed by atoms with Gasteiger partial charge in [-0.1, -0.05) is 0 Å². The first kappa shape index (κ1) is 8.98. The zero-order chi connectivity index (χ0) is 9.84. The number of carboxylic acid groups (broad SMARTS) is 1. The SMILES string of the molecule is NC(=O)c1cncc(OC(=O)O)c1. The molecule has 1 aromatic rings. The van der Waals surface area contributed by atoms with Crippen molar-refractivity contribution in [2.45, 2.75) is 0 Å². The summed E-state index contributed by atoms with van der Waals surface area (Å²) in [6.07, 6.45) is 0.917. The van der Waals surface area contributed by atoms with Gasteiger partial charge < -0.3 is 15.6 Å². The zero-order valence-electron chi connectivity index (χ0n) is 6.43. The molecule has 0 bridgehead atoms. The van der Waals surface area contributed by atoms with Gasteiger partial charge in [0.05, 0.1) is 11.8 Å². The number of primary amides is 1. The quantitative estimate of drug-likeness (QED) is 0.637. The molecule has 1 aromatic heterocycles. The van der Waals surface area contributed by atoms with Gasteiger partial charge in [-0.25, -0.2) is 4.79 Å². The van der Waals surface area contributed by atoms with Crippen LogP contribution in [0, 0.1) is 0 Å². The molecule has 68 valence electrons. The maximum absolute atomic E-state index is 10.6. The van der Waals surface area contributed by atoms with Crippen molar-refractivity contribution < 1.29 is 19.4 Å². The number of nitrogens with two attached hydrogens (primary N) is 1. The standard InChI is InChI=1S/C7H6N2O4/c8-6(10)4-1-5(3-9-2-4)13-7(11)12/h1-3H,(H2,8,10)(H,11,12). The second-order valence-corrected chi connectivity index (χ2v) is 2.14. The van der Waals surface area contributed by atoms with Crippen LogP contribution in [0.4, 0.5) is 4.79 Å². The molecule has 0 saturated heterocycles. The van der Waals surface area contributed by atoms with Crippen LogP contribution in [0.25, 0.3) is 0 Å². The monoisotopic (exact) mass is 182 g/mol. The van der Waals surface area contributed by atoms with Crippen molar-refractivity contribution in [1.29, 1.82) is 0 Å². The van der Waals surface area contributed by atoms with Crippen LogP contribution < -0.4 is 10.5 Å². The molecule has 0 unspecified atom stereocenters. The minimum Gasteiger partial charge on any atom is -0.449 e. The molecule has 0 aromatic carbocycles. The number of carbonyl (C=O) groups is 2. The number of amides is 1. The van der Waals surface area contributed by atoms with Crippen LogP contribution in [0.2, 0.25) is 0 Å². The van der Waals surface area contributed by atoms with Gasteiger partial charge in [0.25, 0.3) is 0 Å². The Hall–Kier alpha value is -2.11. The Morgan fingerprint density at radius 1 is 1.46 bits per heavy atom. The second kappa shape index (κ2) is 3.53. The highest BCUT2D eigenvalue weighted by molar-refractivity contribution is 5.92.